The van der Waals surface area contributed by atoms with Gasteiger partial charge in [0.2, 0.25) is 0 Å². The van der Waals surface area contributed by atoms with E-state index in [0.717, 1.165) is 0 Å². The molecule has 0 saturated carbocycles. The minimum atomic E-state index is -0.534. The van der Waals surface area contributed by atoms with Crippen LogP contribution in [0.3, 0.4) is 0 Å². The van der Waals surface area contributed by atoms with Gasteiger partial charge < -0.3 is 19.4 Å². The Labute approximate surface area is 199 Å². The highest BCUT2D eigenvalue weighted by Crippen LogP contribution is 2.29. The van der Waals surface area contributed by atoms with E-state index in [0.29, 0.717) is 47.8 Å². The van der Waals surface area contributed by atoms with E-state index in [1.54, 1.807) is 47.5 Å². The number of halogens is 1. The third-order valence-electron chi connectivity index (χ3n) is 5.64. The second kappa shape index (κ2) is 10.2. The maximum Gasteiger partial charge on any atom is 0.414 e. The minimum absolute atomic E-state index is 0.0480. The van der Waals surface area contributed by atoms with Gasteiger partial charge in [0, 0.05) is 29.9 Å². The summed E-state index contributed by atoms with van der Waals surface area (Å²) in [6.07, 6.45) is 4.17. The predicted octanol–water partition coefficient (Wildman–Crippen LogP) is 2.01. The molecule has 2 aromatic heterocycles. The number of carbonyl (C=O) groups is 1. The van der Waals surface area contributed by atoms with Gasteiger partial charge in [0.25, 0.3) is 0 Å². The van der Waals surface area contributed by atoms with Crippen molar-refractivity contribution in [1.29, 1.82) is 0 Å². The number of amides is 1. The molecule has 12 heteroatoms. The second-order valence-electron chi connectivity index (χ2n) is 8.11. The van der Waals surface area contributed by atoms with Crippen LogP contribution in [0.25, 0.3) is 11.1 Å². The second-order valence-corrected chi connectivity index (χ2v) is 8.11. The molecule has 0 radical (unpaired) electrons. The first-order valence-corrected chi connectivity index (χ1v) is 11.1. The normalized spacial score (nSPS) is 19.5. The van der Waals surface area contributed by atoms with E-state index in [2.05, 4.69) is 20.5 Å². The summed E-state index contributed by atoms with van der Waals surface area (Å²) in [5, 5.41) is 20.5. The standard InChI is InChI=1S/C23H23FN6O5/c24-20-9-16(30-13-18(34-23(30)32)12-29-6-5-26-28-29)2-3-19(20)15-1-4-21(25-11-15)22-10-17(35-27-22)14-33-8-7-31/h1-6,9,11,17-18,31H,7-8,10,12-14H2/t17-,18-/m0/s1. The Morgan fingerprint density at radius 3 is 2.89 bits per heavy atom. The number of rotatable bonds is 9. The summed E-state index contributed by atoms with van der Waals surface area (Å²) in [5.41, 5.74) is 2.67. The maximum absolute atomic E-state index is 15.0. The van der Waals surface area contributed by atoms with Crippen LogP contribution in [-0.4, -0.2) is 75.5 Å². The van der Waals surface area contributed by atoms with Gasteiger partial charge in [0.1, 0.15) is 17.6 Å². The zero-order valence-corrected chi connectivity index (χ0v) is 18.7. The molecule has 0 spiro atoms. The van der Waals surface area contributed by atoms with Crippen LogP contribution in [0, 0.1) is 5.82 Å². The third kappa shape index (κ3) is 5.12. The molecule has 11 nitrogen and oxygen atoms in total. The van der Waals surface area contributed by atoms with Crippen molar-refractivity contribution >= 4 is 17.5 Å². The number of aliphatic hydroxyl groups excluding tert-OH is 1. The van der Waals surface area contributed by atoms with E-state index in [9.17, 15) is 4.79 Å². The lowest BCUT2D eigenvalue weighted by atomic mass is 10.0. The largest absolute Gasteiger partial charge is 0.442 e. The molecule has 1 N–H and O–H groups in total. The van der Waals surface area contributed by atoms with Crippen molar-refractivity contribution in [3.63, 3.8) is 0 Å². The quantitative estimate of drug-likeness (QED) is 0.460. The minimum Gasteiger partial charge on any atom is -0.442 e. The smallest absolute Gasteiger partial charge is 0.414 e. The number of carbonyl (C=O) groups excluding carboxylic acids is 1. The molecule has 1 saturated heterocycles. The Hall–Kier alpha value is -3.90. The van der Waals surface area contributed by atoms with Gasteiger partial charge in [-0.3, -0.25) is 9.88 Å². The molecule has 4 heterocycles. The monoisotopic (exact) mass is 482 g/mol. The fourth-order valence-corrected chi connectivity index (χ4v) is 3.94. The van der Waals surface area contributed by atoms with E-state index < -0.39 is 18.0 Å². The van der Waals surface area contributed by atoms with Crippen molar-refractivity contribution in [2.24, 2.45) is 5.16 Å². The Bertz CT molecular complexity index is 1200. The molecule has 0 unspecified atom stereocenters. The molecule has 35 heavy (non-hydrogen) atoms. The van der Waals surface area contributed by atoms with Gasteiger partial charge in [0.05, 0.1) is 50.5 Å². The van der Waals surface area contributed by atoms with Gasteiger partial charge in [-0.1, -0.05) is 16.4 Å². The number of aliphatic hydroxyl groups is 1. The lowest BCUT2D eigenvalue weighted by Gasteiger charge is -2.14. The number of anilines is 1. The van der Waals surface area contributed by atoms with Crippen molar-refractivity contribution in [2.45, 2.75) is 25.2 Å². The molecule has 2 aliphatic rings. The maximum atomic E-state index is 15.0. The molecule has 0 bridgehead atoms. The number of ether oxygens (including phenoxy) is 2. The van der Waals surface area contributed by atoms with E-state index in [1.165, 1.54) is 11.0 Å². The predicted molar refractivity (Wildman–Crippen MR) is 121 cm³/mol. The van der Waals surface area contributed by atoms with Gasteiger partial charge in [-0.05, 0) is 24.3 Å². The number of benzene rings is 1. The fourth-order valence-electron chi connectivity index (χ4n) is 3.94. The first-order chi connectivity index (χ1) is 17.1. The number of oxime groups is 1. The molecule has 182 valence electrons. The van der Waals surface area contributed by atoms with Gasteiger partial charge >= 0.3 is 6.09 Å². The summed E-state index contributed by atoms with van der Waals surface area (Å²) in [6, 6.07) is 8.13. The number of pyridine rings is 1. The zero-order valence-electron chi connectivity index (χ0n) is 18.7. The Morgan fingerprint density at radius 2 is 2.14 bits per heavy atom. The van der Waals surface area contributed by atoms with Crippen LogP contribution in [0.2, 0.25) is 0 Å². The molecule has 2 atom stereocenters. The number of aromatic nitrogens is 4. The molecular formula is C23H23FN6O5. The van der Waals surface area contributed by atoms with Crippen LogP contribution in [-0.2, 0) is 20.9 Å². The molecule has 3 aromatic rings. The van der Waals surface area contributed by atoms with Crippen molar-refractivity contribution in [3.8, 4) is 11.1 Å². The van der Waals surface area contributed by atoms with Gasteiger partial charge in [0.15, 0.2) is 6.10 Å². The summed E-state index contributed by atoms with van der Waals surface area (Å²) in [4.78, 5) is 23.5. The van der Waals surface area contributed by atoms with Crippen LogP contribution < -0.4 is 4.90 Å². The molecule has 1 fully saturated rings. The van der Waals surface area contributed by atoms with Crippen LogP contribution in [0.15, 0.2) is 54.1 Å². The van der Waals surface area contributed by atoms with Gasteiger partial charge in [-0.2, -0.15) is 0 Å². The first-order valence-electron chi connectivity index (χ1n) is 11.1. The van der Waals surface area contributed by atoms with Gasteiger partial charge in [-0.25, -0.2) is 13.9 Å². The number of cyclic esters (lactones) is 1. The van der Waals surface area contributed by atoms with Crippen molar-refractivity contribution < 1.29 is 28.6 Å². The highest BCUT2D eigenvalue weighted by molar-refractivity contribution is 5.99. The summed E-state index contributed by atoms with van der Waals surface area (Å²) >= 11 is 0. The topological polar surface area (TPSA) is 124 Å². The third-order valence-corrected chi connectivity index (χ3v) is 5.64. The molecule has 0 aliphatic carbocycles. The van der Waals surface area contributed by atoms with Crippen molar-refractivity contribution in [1.82, 2.24) is 20.0 Å². The van der Waals surface area contributed by atoms with Crippen molar-refractivity contribution in [3.05, 3.63) is 60.4 Å². The van der Waals surface area contributed by atoms with Crippen LogP contribution in [0.5, 0.6) is 0 Å². The average molecular weight is 482 g/mol. The SMILES string of the molecule is O=C1O[C@@H](Cn2ccnn2)CN1c1ccc(-c2ccc(C3=NO[C@H](COCCO)C3)nc2)c(F)c1. The average Bonchev–Trinajstić information content (AvgIpc) is 3.62. The highest BCUT2D eigenvalue weighted by Gasteiger charge is 2.33. The van der Waals surface area contributed by atoms with Crippen LogP contribution >= 0.6 is 0 Å². The number of nitrogens with zero attached hydrogens (tertiary/aromatic N) is 6. The number of hydrogen-bond donors (Lipinski definition) is 1. The Morgan fingerprint density at radius 1 is 1.23 bits per heavy atom. The molecule has 1 aromatic carbocycles. The van der Waals surface area contributed by atoms with E-state index >= 15 is 4.39 Å². The molecule has 5 rings (SSSR count). The summed E-state index contributed by atoms with van der Waals surface area (Å²) in [7, 11) is 0. The number of hydrogen-bond acceptors (Lipinski definition) is 9. The van der Waals surface area contributed by atoms with Crippen LogP contribution in [0.4, 0.5) is 14.9 Å². The summed E-state index contributed by atoms with van der Waals surface area (Å²) < 4.78 is 27.2. The highest BCUT2D eigenvalue weighted by atomic mass is 19.1. The first kappa shape index (κ1) is 22.9. The molecule has 1 amide bonds. The fraction of sp³-hybridized carbons (Fsp3) is 0.348. The lowest BCUT2D eigenvalue weighted by Crippen LogP contribution is -2.26. The molecular weight excluding hydrogens is 459 g/mol. The van der Waals surface area contributed by atoms with Crippen LogP contribution in [0.1, 0.15) is 12.1 Å². The summed E-state index contributed by atoms with van der Waals surface area (Å²) in [6.45, 7) is 1.18. The van der Waals surface area contributed by atoms with Crippen molar-refractivity contribution in [2.75, 3.05) is 31.3 Å². The summed E-state index contributed by atoms with van der Waals surface area (Å²) in [5.74, 6) is -0.479. The van der Waals surface area contributed by atoms with E-state index in [-0.39, 0.29) is 25.9 Å². The van der Waals surface area contributed by atoms with E-state index in [4.69, 9.17) is 19.4 Å². The Kier molecular flexibility index (Phi) is 6.64. The van der Waals surface area contributed by atoms with Gasteiger partial charge in [-0.15, -0.1) is 5.10 Å². The Balaban J connectivity index is 1.23. The van der Waals surface area contributed by atoms with E-state index in [1.807, 2.05) is 0 Å². The lowest BCUT2D eigenvalue weighted by molar-refractivity contribution is -0.00633. The zero-order chi connectivity index (χ0) is 24.2. The molecule has 2 aliphatic heterocycles.